The van der Waals surface area contributed by atoms with E-state index in [1.54, 1.807) is 0 Å². The standard InChI is InChI=1S/C11H8F6O3/c1-19-7-4-5(10(12,13)14)3-6(11(15,16)17)8(7)9(18)20-2/h3-4H,1-2H3. The minimum absolute atomic E-state index is 0.158. The average molecular weight is 302 g/mol. The first kappa shape index (κ1) is 16.1. The highest BCUT2D eigenvalue weighted by Crippen LogP contribution is 2.41. The zero-order valence-electron chi connectivity index (χ0n) is 10.1. The molecule has 0 unspecified atom stereocenters. The third-order valence-corrected chi connectivity index (χ3v) is 2.34. The van der Waals surface area contributed by atoms with Gasteiger partial charge in [0.05, 0.1) is 25.3 Å². The van der Waals surface area contributed by atoms with Crippen molar-refractivity contribution >= 4 is 5.97 Å². The maximum absolute atomic E-state index is 12.8. The van der Waals surface area contributed by atoms with Crippen molar-refractivity contribution in [3.63, 3.8) is 0 Å². The summed E-state index contributed by atoms with van der Waals surface area (Å²) >= 11 is 0. The van der Waals surface area contributed by atoms with Crippen molar-refractivity contribution in [1.29, 1.82) is 0 Å². The lowest BCUT2D eigenvalue weighted by molar-refractivity contribution is -0.143. The van der Waals surface area contributed by atoms with Crippen LogP contribution in [0.25, 0.3) is 0 Å². The van der Waals surface area contributed by atoms with Gasteiger partial charge in [-0.15, -0.1) is 0 Å². The van der Waals surface area contributed by atoms with E-state index in [-0.39, 0.29) is 6.07 Å². The SMILES string of the molecule is COC(=O)c1c(OC)cc(C(F)(F)F)cc1C(F)(F)F. The summed E-state index contributed by atoms with van der Waals surface area (Å²) in [7, 11) is 1.65. The molecule has 0 radical (unpaired) electrons. The van der Waals surface area contributed by atoms with Crippen LogP contribution < -0.4 is 4.74 Å². The molecule has 0 bridgehead atoms. The molecule has 20 heavy (non-hydrogen) atoms. The number of esters is 1. The maximum atomic E-state index is 12.8. The summed E-state index contributed by atoms with van der Waals surface area (Å²) in [5.74, 6) is -2.30. The summed E-state index contributed by atoms with van der Waals surface area (Å²) in [5, 5.41) is 0. The van der Waals surface area contributed by atoms with Crippen LogP contribution in [0.4, 0.5) is 26.3 Å². The number of halogens is 6. The van der Waals surface area contributed by atoms with E-state index in [1.807, 2.05) is 0 Å². The molecular formula is C11H8F6O3. The van der Waals surface area contributed by atoms with E-state index < -0.39 is 40.8 Å². The highest BCUT2D eigenvalue weighted by molar-refractivity contribution is 5.94. The Balaban J connectivity index is 3.70. The van der Waals surface area contributed by atoms with Gasteiger partial charge in [-0.25, -0.2) is 4.79 Å². The number of methoxy groups -OCH3 is 2. The van der Waals surface area contributed by atoms with E-state index in [1.165, 1.54) is 0 Å². The summed E-state index contributed by atoms with van der Waals surface area (Å²) < 4.78 is 84.6. The van der Waals surface area contributed by atoms with Gasteiger partial charge < -0.3 is 9.47 Å². The van der Waals surface area contributed by atoms with E-state index in [9.17, 15) is 31.1 Å². The molecule has 0 saturated carbocycles. The second-order valence-electron chi connectivity index (χ2n) is 3.59. The topological polar surface area (TPSA) is 35.5 Å². The normalized spacial score (nSPS) is 12.2. The number of hydrogen-bond donors (Lipinski definition) is 0. The average Bonchev–Trinajstić information content (AvgIpc) is 2.33. The molecule has 1 aromatic carbocycles. The summed E-state index contributed by atoms with van der Waals surface area (Å²) in [5.41, 5.74) is -4.44. The van der Waals surface area contributed by atoms with Crippen LogP contribution in [0.2, 0.25) is 0 Å². The molecule has 0 amide bonds. The molecule has 0 aliphatic carbocycles. The van der Waals surface area contributed by atoms with Gasteiger partial charge in [-0.1, -0.05) is 0 Å². The molecule has 0 saturated heterocycles. The number of carbonyl (C=O) groups excluding carboxylic acids is 1. The fraction of sp³-hybridized carbons (Fsp3) is 0.364. The van der Waals surface area contributed by atoms with Gasteiger partial charge in [-0.05, 0) is 12.1 Å². The Hall–Kier alpha value is -1.93. The van der Waals surface area contributed by atoms with Crippen molar-refractivity contribution < 1.29 is 40.6 Å². The van der Waals surface area contributed by atoms with Crippen LogP contribution in [0.1, 0.15) is 21.5 Å². The lowest BCUT2D eigenvalue weighted by atomic mass is 10.0. The molecule has 112 valence electrons. The molecular weight excluding hydrogens is 294 g/mol. The van der Waals surface area contributed by atoms with Crippen molar-refractivity contribution in [1.82, 2.24) is 0 Å². The smallest absolute Gasteiger partial charge is 0.417 e. The zero-order chi connectivity index (χ0) is 15.7. The van der Waals surface area contributed by atoms with Crippen LogP contribution in [-0.2, 0) is 17.1 Å². The van der Waals surface area contributed by atoms with Crippen LogP contribution in [0, 0.1) is 0 Å². The third kappa shape index (κ3) is 3.14. The molecule has 0 aliphatic heterocycles. The first-order valence-corrected chi connectivity index (χ1v) is 4.97. The van der Waals surface area contributed by atoms with Crippen LogP contribution in [0.15, 0.2) is 12.1 Å². The monoisotopic (exact) mass is 302 g/mol. The van der Waals surface area contributed by atoms with Crippen LogP contribution in [0.3, 0.4) is 0 Å². The maximum Gasteiger partial charge on any atom is 0.417 e. The van der Waals surface area contributed by atoms with Crippen LogP contribution >= 0.6 is 0 Å². The highest BCUT2D eigenvalue weighted by atomic mass is 19.4. The van der Waals surface area contributed by atoms with Crippen LogP contribution in [-0.4, -0.2) is 20.2 Å². The van der Waals surface area contributed by atoms with E-state index >= 15 is 0 Å². The highest BCUT2D eigenvalue weighted by Gasteiger charge is 2.41. The molecule has 9 heteroatoms. The number of hydrogen-bond acceptors (Lipinski definition) is 3. The minimum Gasteiger partial charge on any atom is -0.496 e. The quantitative estimate of drug-likeness (QED) is 0.619. The third-order valence-electron chi connectivity index (χ3n) is 2.34. The Kier molecular flexibility index (Phi) is 4.21. The number of carbonyl (C=O) groups is 1. The Morgan fingerprint density at radius 1 is 1.00 bits per heavy atom. The Labute approximate surface area is 109 Å². The summed E-state index contributed by atoms with van der Waals surface area (Å²) in [6, 6.07) is 0.149. The summed E-state index contributed by atoms with van der Waals surface area (Å²) in [6.45, 7) is 0. The molecule has 0 aromatic heterocycles. The molecule has 0 aliphatic rings. The molecule has 0 atom stereocenters. The van der Waals surface area contributed by atoms with Gasteiger partial charge in [0.25, 0.3) is 0 Å². The van der Waals surface area contributed by atoms with Gasteiger partial charge in [-0.2, -0.15) is 26.3 Å². The number of benzene rings is 1. The van der Waals surface area contributed by atoms with Crippen molar-refractivity contribution in [3.8, 4) is 5.75 Å². The predicted octanol–water partition coefficient (Wildman–Crippen LogP) is 3.52. The second kappa shape index (κ2) is 5.22. The Morgan fingerprint density at radius 2 is 1.55 bits per heavy atom. The summed E-state index contributed by atoms with van der Waals surface area (Å²) in [6.07, 6.45) is -10.2. The van der Waals surface area contributed by atoms with E-state index in [0.29, 0.717) is 6.07 Å². The van der Waals surface area contributed by atoms with Crippen molar-refractivity contribution in [2.24, 2.45) is 0 Å². The molecule has 0 N–H and O–H groups in total. The van der Waals surface area contributed by atoms with E-state index in [4.69, 9.17) is 0 Å². The van der Waals surface area contributed by atoms with Gasteiger partial charge in [0.15, 0.2) is 0 Å². The van der Waals surface area contributed by atoms with Crippen molar-refractivity contribution in [2.45, 2.75) is 12.4 Å². The Morgan fingerprint density at radius 3 is 1.90 bits per heavy atom. The molecule has 0 spiro atoms. The van der Waals surface area contributed by atoms with Gasteiger partial charge in [-0.3, -0.25) is 0 Å². The summed E-state index contributed by atoms with van der Waals surface area (Å²) in [4.78, 5) is 11.3. The van der Waals surface area contributed by atoms with E-state index in [2.05, 4.69) is 9.47 Å². The van der Waals surface area contributed by atoms with Crippen LogP contribution in [0.5, 0.6) is 5.75 Å². The second-order valence-corrected chi connectivity index (χ2v) is 3.59. The minimum atomic E-state index is -5.17. The molecule has 3 nitrogen and oxygen atoms in total. The fourth-order valence-corrected chi connectivity index (χ4v) is 1.48. The first-order chi connectivity index (χ1) is 9.02. The molecule has 0 heterocycles. The lowest BCUT2D eigenvalue weighted by Gasteiger charge is -2.17. The Bertz CT molecular complexity index is 518. The predicted molar refractivity (Wildman–Crippen MR) is 54.3 cm³/mol. The van der Waals surface area contributed by atoms with Gasteiger partial charge in [0.1, 0.15) is 11.3 Å². The zero-order valence-corrected chi connectivity index (χ0v) is 10.1. The molecule has 0 fully saturated rings. The fourth-order valence-electron chi connectivity index (χ4n) is 1.48. The van der Waals surface area contributed by atoms with Gasteiger partial charge >= 0.3 is 18.3 Å². The van der Waals surface area contributed by atoms with Gasteiger partial charge in [0, 0.05) is 0 Å². The number of rotatable bonds is 2. The number of alkyl halides is 6. The lowest BCUT2D eigenvalue weighted by Crippen LogP contribution is -2.18. The van der Waals surface area contributed by atoms with E-state index in [0.717, 1.165) is 14.2 Å². The van der Waals surface area contributed by atoms with Crippen molar-refractivity contribution in [2.75, 3.05) is 14.2 Å². The van der Waals surface area contributed by atoms with Gasteiger partial charge in [0.2, 0.25) is 0 Å². The molecule has 1 aromatic rings. The number of ether oxygens (including phenoxy) is 2. The van der Waals surface area contributed by atoms with Crippen molar-refractivity contribution in [3.05, 3.63) is 28.8 Å². The largest absolute Gasteiger partial charge is 0.496 e. The first-order valence-electron chi connectivity index (χ1n) is 4.97. The molecule has 1 rings (SSSR count).